The molecule has 0 saturated heterocycles. The summed E-state index contributed by atoms with van der Waals surface area (Å²) in [7, 11) is 0. The van der Waals surface area contributed by atoms with Gasteiger partial charge in [0, 0.05) is 31.9 Å². The first-order chi connectivity index (χ1) is 16.2. The lowest BCUT2D eigenvalue weighted by Crippen LogP contribution is -2.42. The quantitative estimate of drug-likeness (QED) is 0.228. The molecule has 2 N–H and O–H groups in total. The highest BCUT2D eigenvalue weighted by Gasteiger charge is 2.25. The van der Waals surface area contributed by atoms with E-state index in [0.29, 0.717) is 12.8 Å². The van der Waals surface area contributed by atoms with E-state index < -0.39 is 48.0 Å². The average Bonchev–Trinajstić information content (AvgIpc) is 3.30. The number of aliphatic carboxylic acids is 1. The first-order valence-electron chi connectivity index (χ1n) is 11.3. The van der Waals surface area contributed by atoms with E-state index in [0.717, 1.165) is 6.42 Å². The van der Waals surface area contributed by atoms with Crippen LogP contribution in [0, 0.1) is 0 Å². The molecule has 0 spiro atoms. The van der Waals surface area contributed by atoms with Gasteiger partial charge in [-0.3, -0.25) is 24.2 Å². The van der Waals surface area contributed by atoms with Crippen LogP contribution in [0.3, 0.4) is 0 Å². The van der Waals surface area contributed by atoms with Gasteiger partial charge in [-0.2, -0.15) is 0 Å². The number of nitrogens with one attached hydrogen (secondary N) is 1. The molecule has 0 bridgehead atoms. The molecule has 34 heavy (non-hydrogen) atoms. The normalized spacial score (nSPS) is 15.9. The fourth-order valence-corrected chi connectivity index (χ4v) is 2.77. The highest BCUT2D eigenvalue weighted by molar-refractivity contribution is 5.87. The number of aliphatic imine (C=N–C) groups is 2. The lowest BCUT2D eigenvalue weighted by atomic mass is 10.1. The number of carbonyl (C=O) groups is 5. The summed E-state index contributed by atoms with van der Waals surface area (Å²) in [6.07, 6.45) is 3.70. The van der Waals surface area contributed by atoms with Crippen molar-refractivity contribution in [3.63, 3.8) is 0 Å². The van der Waals surface area contributed by atoms with Crippen LogP contribution in [0.2, 0.25) is 0 Å². The van der Waals surface area contributed by atoms with Gasteiger partial charge in [0.1, 0.15) is 25.6 Å². The number of hydrogen-bond donors (Lipinski definition) is 2. The molecule has 3 atom stereocenters. The van der Waals surface area contributed by atoms with Crippen LogP contribution in [0.4, 0.5) is 0 Å². The summed E-state index contributed by atoms with van der Waals surface area (Å²) in [5.74, 6) is -3.56. The smallest absolute Gasteiger partial charge is 0.326 e. The van der Waals surface area contributed by atoms with Gasteiger partial charge in [-0.05, 0) is 12.8 Å². The van der Waals surface area contributed by atoms with E-state index in [1.165, 1.54) is 12.6 Å². The summed E-state index contributed by atoms with van der Waals surface area (Å²) in [4.78, 5) is 66.7. The summed E-state index contributed by atoms with van der Waals surface area (Å²) in [6, 6.07) is -1.62. The predicted molar refractivity (Wildman–Crippen MR) is 120 cm³/mol. The van der Waals surface area contributed by atoms with Crippen LogP contribution >= 0.6 is 0 Å². The molecule has 3 unspecified atom stereocenters. The first kappa shape index (κ1) is 28.7. The Morgan fingerprint density at radius 1 is 0.941 bits per heavy atom. The van der Waals surface area contributed by atoms with Gasteiger partial charge < -0.3 is 24.6 Å². The van der Waals surface area contributed by atoms with Crippen LogP contribution in [-0.4, -0.2) is 78.8 Å². The molecule has 0 aromatic heterocycles. The van der Waals surface area contributed by atoms with E-state index >= 15 is 0 Å². The molecule has 12 nitrogen and oxygen atoms in total. The van der Waals surface area contributed by atoms with Gasteiger partial charge in [0.2, 0.25) is 5.91 Å². The third-order valence-electron chi connectivity index (χ3n) is 4.60. The fourth-order valence-electron chi connectivity index (χ4n) is 2.77. The van der Waals surface area contributed by atoms with Crippen LogP contribution in [0.5, 0.6) is 0 Å². The maximum Gasteiger partial charge on any atom is 0.326 e. The number of carbonyl (C=O) groups excluding carboxylic acids is 4. The number of carboxylic acid groups (broad SMARTS) is 1. The SMILES string of the molecule is CCCCC(=O)OCC(COC(=O)CCC(=O)NC(CC1C=NC=N1)C(=O)O)OC(=O)CCC. The fraction of sp³-hybridized carbons (Fsp3) is 0.682. The Labute approximate surface area is 198 Å². The van der Waals surface area contributed by atoms with Crippen LogP contribution in [0.25, 0.3) is 0 Å². The number of rotatable bonds is 17. The van der Waals surface area contributed by atoms with E-state index in [1.54, 1.807) is 6.92 Å². The molecule has 1 heterocycles. The van der Waals surface area contributed by atoms with Gasteiger partial charge in [-0.1, -0.05) is 20.3 Å². The Kier molecular flexibility index (Phi) is 13.8. The van der Waals surface area contributed by atoms with Crippen molar-refractivity contribution in [3.05, 3.63) is 0 Å². The van der Waals surface area contributed by atoms with Gasteiger partial charge in [0.05, 0.1) is 12.5 Å². The Hall–Kier alpha value is -3.31. The van der Waals surface area contributed by atoms with E-state index in [1.807, 2.05) is 6.92 Å². The second-order valence-electron chi connectivity index (χ2n) is 7.66. The number of amides is 1. The lowest BCUT2D eigenvalue weighted by molar-refractivity contribution is -0.167. The van der Waals surface area contributed by atoms with Crippen LogP contribution in [0.1, 0.15) is 65.2 Å². The molecule has 1 amide bonds. The molecular weight excluding hydrogens is 450 g/mol. The molecule has 12 heteroatoms. The molecule has 0 fully saturated rings. The molecule has 1 rings (SSSR count). The summed E-state index contributed by atoms with van der Waals surface area (Å²) >= 11 is 0. The van der Waals surface area contributed by atoms with Crippen LogP contribution in [0.15, 0.2) is 9.98 Å². The van der Waals surface area contributed by atoms with Crippen molar-refractivity contribution in [2.24, 2.45) is 9.98 Å². The minimum Gasteiger partial charge on any atom is -0.480 e. The average molecular weight is 484 g/mol. The van der Waals surface area contributed by atoms with Crippen molar-refractivity contribution in [1.82, 2.24) is 5.32 Å². The van der Waals surface area contributed by atoms with Gasteiger partial charge in [-0.25, -0.2) is 9.79 Å². The molecule has 1 aliphatic rings. The summed E-state index contributed by atoms with van der Waals surface area (Å²) < 4.78 is 15.4. The Bertz CT molecular complexity index is 755. The molecule has 190 valence electrons. The summed E-state index contributed by atoms with van der Waals surface area (Å²) in [5.41, 5.74) is 0. The Morgan fingerprint density at radius 3 is 2.18 bits per heavy atom. The number of esters is 3. The first-order valence-corrected chi connectivity index (χ1v) is 11.3. The predicted octanol–water partition coefficient (Wildman–Crippen LogP) is 1.20. The van der Waals surface area contributed by atoms with Crippen molar-refractivity contribution < 1.29 is 43.3 Å². The molecule has 1 aliphatic heterocycles. The minimum absolute atomic E-state index is 0.0350. The van der Waals surface area contributed by atoms with Gasteiger partial charge in [0.25, 0.3) is 0 Å². The Balaban J connectivity index is 2.45. The topological polar surface area (TPSA) is 170 Å². The van der Waals surface area contributed by atoms with E-state index in [9.17, 15) is 29.1 Å². The van der Waals surface area contributed by atoms with Crippen molar-refractivity contribution in [2.75, 3.05) is 13.2 Å². The van der Waals surface area contributed by atoms with E-state index in [4.69, 9.17) is 14.2 Å². The van der Waals surface area contributed by atoms with Crippen molar-refractivity contribution in [2.45, 2.75) is 83.4 Å². The molecule has 0 aromatic rings. The molecule has 0 radical (unpaired) electrons. The van der Waals surface area contributed by atoms with Gasteiger partial charge in [-0.15, -0.1) is 0 Å². The van der Waals surface area contributed by atoms with Gasteiger partial charge >= 0.3 is 23.9 Å². The molecular formula is C22H33N3O9. The van der Waals surface area contributed by atoms with Gasteiger partial charge in [0.15, 0.2) is 6.10 Å². The van der Waals surface area contributed by atoms with Crippen molar-refractivity contribution in [1.29, 1.82) is 0 Å². The third kappa shape index (κ3) is 12.7. The molecule has 0 saturated carbocycles. The number of unbranched alkanes of at least 4 members (excludes halogenated alkanes) is 1. The van der Waals surface area contributed by atoms with E-state index in [2.05, 4.69) is 15.3 Å². The van der Waals surface area contributed by atoms with Crippen LogP contribution < -0.4 is 5.32 Å². The zero-order chi connectivity index (χ0) is 25.3. The highest BCUT2D eigenvalue weighted by atomic mass is 16.6. The van der Waals surface area contributed by atoms with Crippen molar-refractivity contribution >= 4 is 42.3 Å². The summed E-state index contributed by atoms with van der Waals surface area (Å²) in [5, 5.41) is 11.6. The number of nitrogens with zero attached hydrogens (tertiary/aromatic N) is 2. The number of hydrogen-bond acceptors (Lipinski definition) is 10. The maximum absolute atomic E-state index is 12.1. The Morgan fingerprint density at radius 2 is 1.62 bits per heavy atom. The standard InChI is InChI=1S/C22H33N3O9/c1-3-5-7-19(27)32-12-16(34-21(29)6-4-2)13-33-20(28)9-8-18(26)25-17(22(30)31)10-15-11-23-14-24-15/h11,14-17H,3-10,12-13H2,1-2H3,(H,25,26)(H,30,31). The van der Waals surface area contributed by atoms with E-state index in [-0.39, 0.29) is 45.3 Å². The van der Waals surface area contributed by atoms with Crippen molar-refractivity contribution in [3.8, 4) is 0 Å². The largest absolute Gasteiger partial charge is 0.480 e. The van der Waals surface area contributed by atoms with Crippen LogP contribution in [-0.2, 0) is 38.2 Å². The zero-order valence-electron chi connectivity index (χ0n) is 19.6. The number of carboxylic acids is 1. The zero-order valence-corrected chi connectivity index (χ0v) is 19.6. The summed E-state index contributed by atoms with van der Waals surface area (Å²) in [6.45, 7) is 3.14. The second kappa shape index (κ2) is 16.3. The third-order valence-corrected chi connectivity index (χ3v) is 4.60. The number of ether oxygens (including phenoxy) is 3. The highest BCUT2D eigenvalue weighted by Crippen LogP contribution is 2.07. The second-order valence-corrected chi connectivity index (χ2v) is 7.66. The minimum atomic E-state index is -1.23. The molecule has 0 aromatic carbocycles. The lowest BCUT2D eigenvalue weighted by Gasteiger charge is -2.18. The maximum atomic E-state index is 12.1. The molecule has 0 aliphatic carbocycles. The monoisotopic (exact) mass is 483 g/mol.